The van der Waals surface area contributed by atoms with Gasteiger partial charge in [-0.2, -0.15) is 0 Å². The molecule has 0 aliphatic rings. The standard InChI is InChI=1S/C22H24FN3O3S/c1-25(2)12-13-26(22-24-21-16(23)6-5-7-19(21)30-22)20(27)11-9-15-8-10-17(28-3)18(14-15)29-4/h5-11,14H,12-13H2,1-4H3. The van der Waals surface area contributed by atoms with E-state index >= 15 is 0 Å². The van der Waals surface area contributed by atoms with Crippen LogP contribution in [0.1, 0.15) is 5.56 Å². The zero-order chi connectivity index (χ0) is 21.7. The van der Waals surface area contributed by atoms with Gasteiger partial charge in [-0.1, -0.05) is 23.5 Å². The van der Waals surface area contributed by atoms with Gasteiger partial charge < -0.3 is 14.4 Å². The first-order chi connectivity index (χ1) is 14.4. The number of nitrogens with zero attached hydrogens (tertiary/aromatic N) is 3. The zero-order valence-corrected chi connectivity index (χ0v) is 18.2. The fraction of sp³-hybridized carbons (Fsp3) is 0.273. The lowest BCUT2D eigenvalue weighted by atomic mass is 10.2. The van der Waals surface area contributed by atoms with Crippen LogP contribution in [0.4, 0.5) is 9.52 Å². The number of thiazole rings is 1. The zero-order valence-electron chi connectivity index (χ0n) is 17.4. The van der Waals surface area contributed by atoms with Crippen molar-refractivity contribution in [2.45, 2.75) is 0 Å². The largest absolute Gasteiger partial charge is 0.493 e. The van der Waals surface area contributed by atoms with Gasteiger partial charge >= 0.3 is 0 Å². The van der Waals surface area contributed by atoms with E-state index in [9.17, 15) is 9.18 Å². The van der Waals surface area contributed by atoms with E-state index in [-0.39, 0.29) is 11.4 Å². The van der Waals surface area contributed by atoms with Gasteiger partial charge in [0.05, 0.1) is 18.9 Å². The summed E-state index contributed by atoms with van der Waals surface area (Å²) in [6.45, 7) is 1.08. The molecular formula is C22H24FN3O3S. The number of amides is 1. The normalized spacial score (nSPS) is 11.4. The molecular weight excluding hydrogens is 405 g/mol. The van der Waals surface area contributed by atoms with Gasteiger partial charge in [0.2, 0.25) is 0 Å². The van der Waals surface area contributed by atoms with E-state index in [2.05, 4.69) is 4.98 Å². The van der Waals surface area contributed by atoms with Crippen LogP contribution in [0.2, 0.25) is 0 Å². The predicted octanol–water partition coefficient (Wildman–Crippen LogP) is 4.06. The molecule has 0 saturated carbocycles. The van der Waals surface area contributed by atoms with E-state index < -0.39 is 5.82 Å². The maximum Gasteiger partial charge on any atom is 0.252 e. The van der Waals surface area contributed by atoms with Gasteiger partial charge in [0.15, 0.2) is 16.6 Å². The van der Waals surface area contributed by atoms with E-state index in [4.69, 9.17) is 9.47 Å². The van der Waals surface area contributed by atoms with Crippen molar-refractivity contribution in [3.63, 3.8) is 0 Å². The van der Waals surface area contributed by atoms with Crippen LogP contribution in [-0.4, -0.2) is 57.2 Å². The van der Waals surface area contributed by atoms with E-state index in [1.54, 1.807) is 49.5 Å². The number of benzene rings is 2. The molecule has 1 aromatic heterocycles. The number of hydrogen-bond donors (Lipinski definition) is 0. The Labute approximate surface area is 179 Å². The van der Waals surface area contributed by atoms with Gasteiger partial charge in [-0.3, -0.25) is 9.69 Å². The smallest absolute Gasteiger partial charge is 0.252 e. The fourth-order valence-corrected chi connectivity index (χ4v) is 3.84. The molecule has 158 valence electrons. The molecule has 3 rings (SSSR count). The molecule has 0 N–H and O–H groups in total. The van der Waals surface area contributed by atoms with Gasteiger partial charge in [-0.15, -0.1) is 0 Å². The maximum absolute atomic E-state index is 14.1. The molecule has 2 aromatic carbocycles. The molecule has 0 bridgehead atoms. The third-order valence-corrected chi connectivity index (χ3v) is 5.50. The molecule has 0 atom stereocenters. The molecule has 30 heavy (non-hydrogen) atoms. The minimum atomic E-state index is -0.393. The van der Waals surface area contributed by atoms with Crippen molar-refractivity contribution in [2.24, 2.45) is 0 Å². The quantitative estimate of drug-likeness (QED) is 0.506. The van der Waals surface area contributed by atoms with Crippen molar-refractivity contribution < 1.29 is 18.7 Å². The number of fused-ring (bicyclic) bond motifs is 1. The van der Waals surface area contributed by atoms with Gasteiger partial charge in [-0.25, -0.2) is 9.37 Å². The van der Waals surface area contributed by atoms with E-state index in [1.807, 2.05) is 25.1 Å². The summed E-state index contributed by atoms with van der Waals surface area (Å²) < 4.78 is 25.3. The van der Waals surface area contributed by atoms with Crippen molar-refractivity contribution in [3.05, 3.63) is 53.9 Å². The first-order valence-corrected chi connectivity index (χ1v) is 10.2. The Morgan fingerprint density at radius 2 is 1.90 bits per heavy atom. The minimum absolute atomic E-state index is 0.230. The second-order valence-electron chi connectivity index (χ2n) is 6.82. The highest BCUT2D eigenvalue weighted by Gasteiger charge is 2.19. The number of halogens is 1. The predicted molar refractivity (Wildman–Crippen MR) is 119 cm³/mol. The summed E-state index contributed by atoms with van der Waals surface area (Å²) in [6, 6.07) is 10.2. The van der Waals surface area contributed by atoms with Crippen molar-refractivity contribution in [1.29, 1.82) is 0 Å². The van der Waals surface area contributed by atoms with Crippen LogP contribution in [0.15, 0.2) is 42.5 Å². The van der Waals surface area contributed by atoms with Crippen LogP contribution >= 0.6 is 11.3 Å². The van der Waals surface area contributed by atoms with Crippen molar-refractivity contribution >= 4 is 38.7 Å². The number of likely N-dealkylation sites (N-methyl/N-ethyl adjacent to an activating group) is 1. The summed E-state index contributed by atoms with van der Waals surface area (Å²) >= 11 is 1.30. The van der Waals surface area contributed by atoms with E-state index in [1.165, 1.54) is 23.5 Å². The third kappa shape index (κ3) is 4.95. The second kappa shape index (κ2) is 9.69. The minimum Gasteiger partial charge on any atom is -0.493 e. The summed E-state index contributed by atoms with van der Waals surface area (Å²) in [5.41, 5.74) is 1.08. The van der Waals surface area contributed by atoms with Crippen LogP contribution in [0.3, 0.4) is 0 Å². The summed E-state index contributed by atoms with van der Waals surface area (Å²) in [5.74, 6) is 0.574. The SMILES string of the molecule is COc1ccc(C=CC(=O)N(CCN(C)C)c2nc3c(F)cccc3s2)cc1OC. The lowest BCUT2D eigenvalue weighted by molar-refractivity contribution is -0.114. The number of carbonyl (C=O) groups excluding carboxylic acids is 1. The molecule has 0 unspecified atom stereocenters. The van der Waals surface area contributed by atoms with Crippen LogP contribution < -0.4 is 14.4 Å². The fourth-order valence-electron chi connectivity index (χ4n) is 2.83. The number of para-hydroxylation sites is 1. The first kappa shape index (κ1) is 21.7. The van der Waals surface area contributed by atoms with Gasteiger partial charge in [0, 0.05) is 19.2 Å². The molecule has 0 fully saturated rings. The van der Waals surface area contributed by atoms with Crippen LogP contribution in [-0.2, 0) is 4.79 Å². The molecule has 0 aliphatic heterocycles. The Balaban J connectivity index is 1.88. The average Bonchev–Trinajstić information content (AvgIpc) is 3.17. The highest BCUT2D eigenvalue weighted by molar-refractivity contribution is 7.22. The molecule has 3 aromatic rings. The molecule has 8 heteroatoms. The second-order valence-corrected chi connectivity index (χ2v) is 7.83. The van der Waals surface area contributed by atoms with Crippen molar-refractivity contribution in [2.75, 3.05) is 46.3 Å². The number of carbonyl (C=O) groups is 1. The average molecular weight is 430 g/mol. The molecule has 0 saturated heterocycles. The number of aromatic nitrogens is 1. The highest BCUT2D eigenvalue weighted by Crippen LogP contribution is 2.31. The monoisotopic (exact) mass is 429 g/mol. The van der Waals surface area contributed by atoms with Gasteiger partial charge in [-0.05, 0) is 50.0 Å². The summed E-state index contributed by atoms with van der Waals surface area (Å²) in [7, 11) is 6.99. The summed E-state index contributed by atoms with van der Waals surface area (Å²) in [5, 5.41) is 0.471. The Bertz CT molecular complexity index is 1060. The van der Waals surface area contributed by atoms with Crippen molar-refractivity contribution in [1.82, 2.24) is 9.88 Å². The summed E-state index contributed by atoms with van der Waals surface area (Å²) in [6.07, 6.45) is 3.19. The Hall–Kier alpha value is -2.97. The number of hydrogen-bond acceptors (Lipinski definition) is 6. The number of anilines is 1. The lowest BCUT2D eigenvalue weighted by Gasteiger charge is -2.20. The van der Waals surface area contributed by atoms with Gasteiger partial charge in [0.1, 0.15) is 11.3 Å². The first-order valence-electron chi connectivity index (χ1n) is 9.34. The molecule has 0 radical (unpaired) electrons. The molecule has 0 spiro atoms. The van der Waals surface area contributed by atoms with E-state index in [0.29, 0.717) is 34.4 Å². The molecule has 1 heterocycles. The van der Waals surface area contributed by atoms with Crippen molar-refractivity contribution in [3.8, 4) is 11.5 Å². The Morgan fingerprint density at radius 1 is 1.13 bits per heavy atom. The maximum atomic E-state index is 14.1. The Kier molecular flexibility index (Phi) is 7.02. The molecule has 1 amide bonds. The van der Waals surface area contributed by atoms with Crippen LogP contribution in [0.5, 0.6) is 11.5 Å². The van der Waals surface area contributed by atoms with E-state index in [0.717, 1.165) is 5.56 Å². The number of rotatable bonds is 8. The van der Waals surface area contributed by atoms with Gasteiger partial charge in [0.25, 0.3) is 5.91 Å². The number of methoxy groups -OCH3 is 2. The third-order valence-electron chi connectivity index (χ3n) is 4.45. The topological polar surface area (TPSA) is 54.9 Å². The molecule has 6 nitrogen and oxygen atoms in total. The Morgan fingerprint density at radius 3 is 2.57 bits per heavy atom. The molecule has 0 aliphatic carbocycles. The number of ether oxygens (including phenoxy) is 2. The lowest BCUT2D eigenvalue weighted by Crippen LogP contribution is -2.35. The van der Waals surface area contributed by atoms with Crippen LogP contribution in [0.25, 0.3) is 16.3 Å². The highest BCUT2D eigenvalue weighted by atomic mass is 32.1. The van der Waals surface area contributed by atoms with Crippen LogP contribution in [0, 0.1) is 5.82 Å². The summed E-state index contributed by atoms with van der Waals surface area (Å²) in [4.78, 5) is 20.9.